The summed E-state index contributed by atoms with van der Waals surface area (Å²) in [5, 5.41) is 43.2. The van der Waals surface area contributed by atoms with Gasteiger partial charge in [0, 0.05) is 13.1 Å². The summed E-state index contributed by atoms with van der Waals surface area (Å²) in [5.41, 5.74) is -0.677. The molecule has 2 aliphatic heterocycles. The molecule has 0 aliphatic carbocycles. The average molecular weight is 435 g/mol. The molecule has 0 radical (unpaired) electrons. The van der Waals surface area contributed by atoms with Crippen LogP contribution in [0, 0.1) is 11.8 Å². The van der Waals surface area contributed by atoms with Crippen molar-refractivity contribution in [2.75, 3.05) is 26.0 Å². The molecule has 0 aromatic rings. The quantitative estimate of drug-likeness (QED) is 0.320. The fraction of sp³-hybridized carbons (Fsp3) is 0.950. The standard InChI is InChI=1S/C20H38N2O6S/c1-5-6-7-12-10-22(8-9-23)14(12)19(27)21-13(11(2)3)18-16(25)15(24)17(26)20(28-18)29-4/h11-18,20,23-26H,5-10H2,1-4H3,(H,21,27). The van der Waals surface area contributed by atoms with E-state index in [0.717, 1.165) is 25.8 Å². The second kappa shape index (κ2) is 11.3. The molecule has 5 N–H and O–H groups in total. The van der Waals surface area contributed by atoms with Crippen LogP contribution in [0.3, 0.4) is 0 Å². The Bertz CT molecular complexity index is 523. The summed E-state index contributed by atoms with van der Waals surface area (Å²) in [5.74, 6) is 0.0588. The van der Waals surface area contributed by atoms with E-state index in [2.05, 4.69) is 12.2 Å². The van der Waals surface area contributed by atoms with Crippen LogP contribution in [-0.2, 0) is 9.53 Å². The molecule has 8 nitrogen and oxygen atoms in total. The van der Waals surface area contributed by atoms with Crippen LogP contribution in [0.25, 0.3) is 0 Å². The second-order valence-electron chi connectivity index (χ2n) is 8.52. The highest BCUT2D eigenvalue weighted by molar-refractivity contribution is 7.99. The van der Waals surface area contributed by atoms with Gasteiger partial charge in [0.15, 0.2) is 0 Å². The van der Waals surface area contributed by atoms with Crippen LogP contribution in [0.1, 0.15) is 40.0 Å². The topological polar surface area (TPSA) is 122 Å². The summed E-state index contributed by atoms with van der Waals surface area (Å²) in [6.45, 7) is 7.22. The van der Waals surface area contributed by atoms with Crippen molar-refractivity contribution in [3.63, 3.8) is 0 Å². The molecule has 2 heterocycles. The third kappa shape index (κ3) is 5.64. The number of aliphatic hydroxyl groups excluding tert-OH is 4. The number of unbranched alkanes of at least 4 members (excludes halogenated alkanes) is 1. The molecule has 2 aliphatic rings. The molecule has 1 amide bonds. The summed E-state index contributed by atoms with van der Waals surface area (Å²) in [6.07, 6.45) is 0.197. The Kier molecular flexibility index (Phi) is 9.66. The van der Waals surface area contributed by atoms with Crippen molar-refractivity contribution in [2.24, 2.45) is 11.8 Å². The van der Waals surface area contributed by atoms with Crippen LogP contribution in [0.4, 0.5) is 0 Å². The first kappa shape index (κ1) is 24.8. The molecule has 170 valence electrons. The molecule has 0 saturated carbocycles. The Labute approximate surface area is 178 Å². The number of carbonyl (C=O) groups excluding carboxylic acids is 1. The maximum Gasteiger partial charge on any atom is 0.238 e. The van der Waals surface area contributed by atoms with Crippen molar-refractivity contribution in [2.45, 2.75) is 82.0 Å². The molecule has 0 bridgehead atoms. The van der Waals surface area contributed by atoms with E-state index in [4.69, 9.17) is 4.74 Å². The van der Waals surface area contributed by atoms with E-state index < -0.39 is 35.9 Å². The van der Waals surface area contributed by atoms with Gasteiger partial charge in [0.05, 0.1) is 18.7 Å². The third-order valence-electron chi connectivity index (χ3n) is 6.11. The molecular formula is C20H38N2O6S. The fourth-order valence-corrected chi connectivity index (χ4v) is 5.05. The molecule has 29 heavy (non-hydrogen) atoms. The Morgan fingerprint density at radius 2 is 1.93 bits per heavy atom. The molecule has 2 fully saturated rings. The van der Waals surface area contributed by atoms with Crippen molar-refractivity contribution in [3.8, 4) is 0 Å². The molecular weight excluding hydrogens is 396 g/mol. The normalized spacial score (nSPS) is 36.7. The largest absolute Gasteiger partial charge is 0.395 e. The van der Waals surface area contributed by atoms with Crippen LogP contribution in [0.2, 0.25) is 0 Å². The van der Waals surface area contributed by atoms with Crippen molar-refractivity contribution >= 4 is 17.7 Å². The number of nitrogens with zero attached hydrogens (tertiary/aromatic N) is 1. The summed E-state index contributed by atoms with van der Waals surface area (Å²) in [6, 6.07) is -0.819. The number of nitrogens with one attached hydrogen (secondary N) is 1. The molecule has 8 unspecified atom stereocenters. The van der Waals surface area contributed by atoms with E-state index in [1.165, 1.54) is 11.8 Å². The number of hydrogen-bond acceptors (Lipinski definition) is 8. The van der Waals surface area contributed by atoms with Crippen LogP contribution < -0.4 is 5.32 Å². The van der Waals surface area contributed by atoms with Crippen LogP contribution in [0.5, 0.6) is 0 Å². The van der Waals surface area contributed by atoms with Gasteiger partial charge < -0.3 is 30.5 Å². The molecule has 0 aromatic carbocycles. The number of hydrogen-bond donors (Lipinski definition) is 5. The van der Waals surface area contributed by atoms with Gasteiger partial charge in [-0.1, -0.05) is 33.6 Å². The van der Waals surface area contributed by atoms with Crippen molar-refractivity contribution in [1.82, 2.24) is 10.2 Å². The smallest absolute Gasteiger partial charge is 0.238 e. The SMILES string of the molecule is CCCCC1CN(CCO)C1C(=O)NC(C(C)C)C1OC(SC)C(O)C(O)C1O. The molecule has 0 aromatic heterocycles. The highest BCUT2D eigenvalue weighted by Gasteiger charge is 2.49. The number of rotatable bonds is 10. The van der Waals surface area contributed by atoms with Gasteiger partial charge in [0.1, 0.15) is 29.9 Å². The second-order valence-corrected chi connectivity index (χ2v) is 9.46. The van der Waals surface area contributed by atoms with Crippen LogP contribution in [0.15, 0.2) is 0 Å². The highest BCUT2D eigenvalue weighted by Crippen LogP contribution is 2.32. The minimum absolute atomic E-state index is 0.00181. The Morgan fingerprint density at radius 1 is 1.24 bits per heavy atom. The lowest BCUT2D eigenvalue weighted by Crippen LogP contribution is -2.68. The zero-order chi connectivity index (χ0) is 21.7. The summed E-state index contributed by atoms with van der Waals surface area (Å²) >= 11 is 1.26. The highest BCUT2D eigenvalue weighted by atomic mass is 32.2. The van der Waals surface area contributed by atoms with Gasteiger partial charge in [-0.3, -0.25) is 9.69 Å². The lowest BCUT2D eigenvalue weighted by Gasteiger charge is -2.49. The first-order valence-electron chi connectivity index (χ1n) is 10.6. The van der Waals surface area contributed by atoms with Gasteiger partial charge in [-0.25, -0.2) is 0 Å². The lowest BCUT2D eigenvalue weighted by atomic mass is 9.82. The number of likely N-dealkylation sites (tertiary alicyclic amines) is 1. The molecule has 0 spiro atoms. The van der Waals surface area contributed by atoms with Crippen molar-refractivity contribution in [1.29, 1.82) is 0 Å². The van der Waals surface area contributed by atoms with Gasteiger partial charge in [-0.2, -0.15) is 0 Å². The molecule has 2 rings (SSSR count). The minimum atomic E-state index is -1.34. The summed E-state index contributed by atoms with van der Waals surface area (Å²) in [7, 11) is 0. The third-order valence-corrected chi connectivity index (χ3v) is 6.97. The average Bonchev–Trinajstić information content (AvgIpc) is 2.67. The van der Waals surface area contributed by atoms with E-state index >= 15 is 0 Å². The van der Waals surface area contributed by atoms with E-state index in [9.17, 15) is 25.2 Å². The number of thioether (sulfide) groups is 1. The molecule has 8 atom stereocenters. The first-order valence-corrected chi connectivity index (χ1v) is 11.9. The van der Waals surface area contributed by atoms with Gasteiger partial charge >= 0.3 is 0 Å². The summed E-state index contributed by atoms with van der Waals surface area (Å²) < 4.78 is 5.89. The zero-order valence-corrected chi connectivity index (χ0v) is 18.7. The van der Waals surface area contributed by atoms with E-state index in [1.54, 1.807) is 6.26 Å². The number of ether oxygens (including phenoxy) is 1. The maximum absolute atomic E-state index is 13.2. The number of aliphatic hydroxyl groups is 4. The number of carbonyl (C=O) groups is 1. The van der Waals surface area contributed by atoms with Crippen LogP contribution >= 0.6 is 11.8 Å². The van der Waals surface area contributed by atoms with Crippen molar-refractivity contribution in [3.05, 3.63) is 0 Å². The first-order chi connectivity index (χ1) is 13.8. The fourth-order valence-electron chi connectivity index (χ4n) is 4.37. The van der Waals surface area contributed by atoms with Crippen molar-refractivity contribution < 1.29 is 30.0 Å². The van der Waals surface area contributed by atoms with Gasteiger partial charge in [0.25, 0.3) is 0 Å². The molecule has 2 saturated heterocycles. The number of β-amino-alcohol motifs (C(OH)–C–C–N with tert-alkyl or cyclic N) is 1. The van der Waals surface area contributed by atoms with E-state index in [0.29, 0.717) is 6.54 Å². The monoisotopic (exact) mass is 434 g/mol. The zero-order valence-electron chi connectivity index (χ0n) is 17.9. The van der Waals surface area contributed by atoms with Crippen LogP contribution in [-0.4, -0.2) is 99.1 Å². The van der Waals surface area contributed by atoms with Gasteiger partial charge in [-0.05, 0) is 24.5 Å². The Balaban J connectivity index is 2.12. The van der Waals surface area contributed by atoms with Gasteiger partial charge in [-0.15, -0.1) is 11.8 Å². The van der Waals surface area contributed by atoms with E-state index in [-0.39, 0.29) is 30.4 Å². The van der Waals surface area contributed by atoms with E-state index in [1.807, 2.05) is 18.7 Å². The predicted molar refractivity (Wildman–Crippen MR) is 112 cm³/mol. The lowest BCUT2D eigenvalue weighted by molar-refractivity contribution is -0.208. The number of amides is 1. The maximum atomic E-state index is 13.2. The predicted octanol–water partition coefficient (Wildman–Crippen LogP) is -0.219. The summed E-state index contributed by atoms with van der Waals surface area (Å²) in [4.78, 5) is 15.1. The molecule has 9 heteroatoms. The Morgan fingerprint density at radius 3 is 2.48 bits per heavy atom. The van der Waals surface area contributed by atoms with Gasteiger partial charge in [0.2, 0.25) is 5.91 Å². The Hall–Kier alpha value is -0.420. The minimum Gasteiger partial charge on any atom is -0.395 e.